The number of thiazole rings is 1. The number of hydrogen-bond acceptors (Lipinski definition) is 5. The number of aromatic nitrogens is 1. The van der Waals surface area contributed by atoms with Gasteiger partial charge in [-0.2, -0.15) is 0 Å². The van der Waals surface area contributed by atoms with Crippen LogP contribution in [-0.4, -0.2) is 24.5 Å². The van der Waals surface area contributed by atoms with Crippen LogP contribution in [0, 0.1) is 0 Å². The van der Waals surface area contributed by atoms with Crippen LogP contribution in [0.5, 0.6) is 0 Å². The highest BCUT2D eigenvalue weighted by molar-refractivity contribution is 7.11. The van der Waals surface area contributed by atoms with E-state index in [9.17, 15) is 9.90 Å². The second kappa shape index (κ2) is 5.51. The van der Waals surface area contributed by atoms with Crippen molar-refractivity contribution >= 4 is 23.4 Å². The standard InChI is InChI=1S/C9H12N2O2S/c1-10-5-3-2-4-7-6-14-8(11-7)9(12)13/h2,4,6,10H,3,5H2,1H3,(H,12,13)/p-1. The summed E-state index contributed by atoms with van der Waals surface area (Å²) in [5.74, 6) is -1.22. The van der Waals surface area contributed by atoms with Gasteiger partial charge in [-0.25, -0.2) is 4.98 Å². The second-order valence-corrected chi connectivity index (χ2v) is 3.52. The highest BCUT2D eigenvalue weighted by Crippen LogP contribution is 2.10. The number of carboxylic acid groups (broad SMARTS) is 1. The Kier molecular flexibility index (Phi) is 4.28. The molecule has 0 aliphatic carbocycles. The summed E-state index contributed by atoms with van der Waals surface area (Å²) in [7, 11) is 1.88. The number of carboxylic acids is 1. The van der Waals surface area contributed by atoms with Gasteiger partial charge in [0.05, 0.1) is 5.69 Å². The van der Waals surface area contributed by atoms with Gasteiger partial charge in [-0.15, -0.1) is 11.3 Å². The van der Waals surface area contributed by atoms with Crippen LogP contribution >= 0.6 is 11.3 Å². The molecule has 0 bridgehead atoms. The number of rotatable bonds is 5. The molecule has 1 heterocycles. The summed E-state index contributed by atoms with van der Waals surface area (Å²) < 4.78 is 0. The molecular weight excluding hydrogens is 200 g/mol. The summed E-state index contributed by atoms with van der Waals surface area (Å²) in [6.45, 7) is 0.897. The zero-order valence-electron chi connectivity index (χ0n) is 7.82. The minimum Gasteiger partial charge on any atom is -0.542 e. The van der Waals surface area contributed by atoms with Gasteiger partial charge in [-0.3, -0.25) is 0 Å². The number of nitrogens with zero attached hydrogens (tertiary/aromatic N) is 1. The van der Waals surface area contributed by atoms with Gasteiger partial charge >= 0.3 is 0 Å². The van der Waals surface area contributed by atoms with Crippen molar-refractivity contribution in [3.8, 4) is 0 Å². The van der Waals surface area contributed by atoms with E-state index in [0.717, 1.165) is 24.3 Å². The number of hydrogen-bond donors (Lipinski definition) is 1. The minimum absolute atomic E-state index is 0.0262. The molecule has 1 aromatic rings. The first kappa shape index (κ1) is 10.9. The maximum Gasteiger partial charge on any atom is 0.139 e. The first-order valence-corrected chi connectivity index (χ1v) is 5.10. The van der Waals surface area contributed by atoms with Crippen molar-refractivity contribution < 1.29 is 9.90 Å². The van der Waals surface area contributed by atoms with Crippen LogP contribution in [0.3, 0.4) is 0 Å². The molecule has 0 saturated heterocycles. The highest BCUT2D eigenvalue weighted by atomic mass is 32.1. The minimum atomic E-state index is -1.22. The summed E-state index contributed by atoms with van der Waals surface area (Å²) in [6.07, 6.45) is 4.65. The van der Waals surface area contributed by atoms with Crippen LogP contribution in [0.25, 0.3) is 6.08 Å². The summed E-state index contributed by atoms with van der Waals surface area (Å²) in [4.78, 5) is 14.2. The largest absolute Gasteiger partial charge is 0.542 e. The van der Waals surface area contributed by atoms with Crippen LogP contribution in [0.2, 0.25) is 0 Å². The van der Waals surface area contributed by atoms with E-state index < -0.39 is 5.97 Å². The van der Waals surface area contributed by atoms with E-state index in [1.165, 1.54) is 0 Å². The van der Waals surface area contributed by atoms with Crippen LogP contribution in [0.4, 0.5) is 0 Å². The maximum absolute atomic E-state index is 10.4. The van der Waals surface area contributed by atoms with Gasteiger partial charge in [0.15, 0.2) is 0 Å². The van der Waals surface area contributed by atoms with Crippen molar-refractivity contribution in [1.29, 1.82) is 0 Å². The lowest BCUT2D eigenvalue weighted by Crippen LogP contribution is -2.21. The molecule has 0 fully saturated rings. The Hall–Kier alpha value is -1.20. The molecule has 0 atom stereocenters. The van der Waals surface area contributed by atoms with E-state index in [1.54, 1.807) is 11.5 Å². The molecular formula is C9H11N2O2S-. The van der Waals surface area contributed by atoms with Gasteiger partial charge in [0.25, 0.3) is 0 Å². The Morgan fingerprint density at radius 2 is 2.57 bits per heavy atom. The fourth-order valence-corrected chi connectivity index (χ4v) is 1.51. The number of carbonyl (C=O) groups excluding carboxylic acids is 1. The van der Waals surface area contributed by atoms with Crippen molar-refractivity contribution in [1.82, 2.24) is 10.3 Å². The summed E-state index contributed by atoms with van der Waals surface area (Å²) in [5, 5.41) is 15.1. The average molecular weight is 211 g/mol. The quantitative estimate of drug-likeness (QED) is 0.703. The molecule has 0 saturated carbocycles. The summed E-state index contributed by atoms with van der Waals surface area (Å²) in [6, 6.07) is 0. The monoisotopic (exact) mass is 211 g/mol. The Balaban J connectivity index is 2.51. The molecule has 5 heteroatoms. The predicted octanol–water partition coefficient (Wildman–Crippen LogP) is 0.129. The number of nitrogens with one attached hydrogen (secondary N) is 1. The molecule has 1 aromatic heterocycles. The Morgan fingerprint density at radius 3 is 3.14 bits per heavy atom. The molecule has 1 rings (SSSR count). The third-order valence-electron chi connectivity index (χ3n) is 1.55. The lowest BCUT2D eigenvalue weighted by atomic mass is 10.3. The van der Waals surface area contributed by atoms with Gasteiger partial charge in [0.1, 0.15) is 11.0 Å². The first-order chi connectivity index (χ1) is 6.74. The fraction of sp³-hybridized carbons (Fsp3) is 0.333. The lowest BCUT2D eigenvalue weighted by molar-refractivity contribution is -0.255. The first-order valence-electron chi connectivity index (χ1n) is 4.22. The number of carbonyl (C=O) groups is 1. The van der Waals surface area contributed by atoms with Crippen molar-refractivity contribution in [2.45, 2.75) is 6.42 Å². The second-order valence-electron chi connectivity index (χ2n) is 2.66. The number of aromatic carboxylic acids is 1. The van der Waals surface area contributed by atoms with E-state index in [1.807, 2.05) is 13.1 Å². The molecule has 4 nitrogen and oxygen atoms in total. The topological polar surface area (TPSA) is 65.0 Å². The van der Waals surface area contributed by atoms with Crippen molar-refractivity contribution in [2.24, 2.45) is 0 Å². The smallest absolute Gasteiger partial charge is 0.139 e. The molecule has 0 aliphatic heterocycles. The van der Waals surface area contributed by atoms with Crippen LogP contribution in [-0.2, 0) is 0 Å². The van der Waals surface area contributed by atoms with Gasteiger partial charge in [-0.05, 0) is 26.1 Å². The molecule has 0 radical (unpaired) electrons. The van der Waals surface area contributed by atoms with E-state index >= 15 is 0 Å². The third-order valence-corrected chi connectivity index (χ3v) is 2.39. The zero-order valence-corrected chi connectivity index (χ0v) is 8.63. The molecule has 1 N–H and O–H groups in total. The van der Waals surface area contributed by atoms with Gasteiger partial charge in [0.2, 0.25) is 0 Å². The van der Waals surface area contributed by atoms with E-state index in [4.69, 9.17) is 0 Å². The lowest BCUT2D eigenvalue weighted by Gasteiger charge is -1.92. The van der Waals surface area contributed by atoms with Crippen LogP contribution < -0.4 is 10.4 Å². The van der Waals surface area contributed by atoms with E-state index in [0.29, 0.717) is 5.69 Å². The van der Waals surface area contributed by atoms with Crippen LogP contribution in [0.15, 0.2) is 11.5 Å². The fourth-order valence-electron chi connectivity index (χ4n) is 0.888. The average Bonchev–Trinajstić information content (AvgIpc) is 2.61. The van der Waals surface area contributed by atoms with E-state index in [-0.39, 0.29) is 5.01 Å². The normalized spacial score (nSPS) is 10.9. The Bertz CT molecular complexity index is 333. The van der Waals surface area contributed by atoms with Crippen molar-refractivity contribution in [3.05, 3.63) is 22.2 Å². The van der Waals surface area contributed by atoms with Crippen LogP contribution in [0.1, 0.15) is 21.9 Å². The highest BCUT2D eigenvalue weighted by Gasteiger charge is 1.98. The van der Waals surface area contributed by atoms with E-state index in [2.05, 4.69) is 10.3 Å². The SMILES string of the molecule is CNCCC=Cc1csc(C(=O)[O-])n1. The molecule has 0 amide bonds. The zero-order chi connectivity index (χ0) is 10.4. The summed E-state index contributed by atoms with van der Waals surface area (Å²) in [5.41, 5.74) is 0.672. The van der Waals surface area contributed by atoms with Gasteiger partial charge in [0, 0.05) is 5.38 Å². The molecule has 76 valence electrons. The van der Waals surface area contributed by atoms with Crippen molar-refractivity contribution in [3.63, 3.8) is 0 Å². The molecule has 0 aliphatic rings. The van der Waals surface area contributed by atoms with Gasteiger partial charge in [-0.1, -0.05) is 6.08 Å². The summed E-state index contributed by atoms with van der Waals surface area (Å²) >= 11 is 1.08. The predicted molar refractivity (Wildman–Crippen MR) is 54.0 cm³/mol. The molecule has 0 unspecified atom stereocenters. The Labute approximate surface area is 86.3 Å². The van der Waals surface area contributed by atoms with Crippen molar-refractivity contribution in [2.75, 3.05) is 13.6 Å². The van der Waals surface area contributed by atoms with Gasteiger partial charge < -0.3 is 15.2 Å². The Morgan fingerprint density at radius 1 is 1.79 bits per heavy atom. The third kappa shape index (κ3) is 3.27. The molecule has 0 aromatic carbocycles. The molecule has 14 heavy (non-hydrogen) atoms. The molecule has 0 spiro atoms. The maximum atomic E-state index is 10.4.